The monoisotopic (exact) mass is 304 g/mol. The van der Waals surface area contributed by atoms with Crippen molar-refractivity contribution in [1.82, 2.24) is 4.90 Å². The van der Waals surface area contributed by atoms with E-state index in [0.29, 0.717) is 6.04 Å². The molecule has 78 valence electrons. The quantitative estimate of drug-likeness (QED) is 0.442. The fourth-order valence-electron chi connectivity index (χ4n) is 2.14. The van der Waals surface area contributed by atoms with Crippen LogP contribution in [0, 0.1) is 0 Å². The molecule has 1 aromatic heterocycles. The molecule has 1 atom stereocenters. The number of hydrogen-bond acceptors (Lipinski definition) is 1. The van der Waals surface area contributed by atoms with Crippen LogP contribution in [0.3, 0.4) is 0 Å². The Morgan fingerprint density at radius 2 is 2.29 bits per heavy atom. The molecule has 0 aliphatic carbocycles. The Morgan fingerprint density at radius 1 is 1.50 bits per heavy atom. The van der Waals surface area contributed by atoms with Crippen LogP contribution >= 0.6 is 0 Å². The first-order chi connectivity index (χ1) is 6.27. The topological polar surface area (TPSA) is 7.12 Å². The molecule has 3 heteroatoms. The van der Waals surface area contributed by atoms with Crippen molar-refractivity contribution in [3.63, 3.8) is 0 Å². The van der Waals surface area contributed by atoms with Gasteiger partial charge in [-0.15, -0.1) is 0 Å². The molecule has 0 aromatic carbocycles. The van der Waals surface area contributed by atoms with Gasteiger partial charge in [0.2, 0.25) is 0 Å². The molecule has 1 aliphatic heterocycles. The van der Waals surface area contributed by atoms with Crippen molar-refractivity contribution in [3.05, 3.63) is 30.1 Å². The van der Waals surface area contributed by atoms with Gasteiger partial charge >= 0.3 is 0 Å². The van der Waals surface area contributed by atoms with Crippen molar-refractivity contribution in [2.45, 2.75) is 18.9 Å². The van der Waals surface area contributed by atoms with Gasteiger partial charge in [0.25, 0.3) is 0 Å². The van der Waals surface area contributed by atoms with Gasteiger partial charge in [-0.3, -0.25) is 4.90 Å². The normalized spacial score (nSPS) is 22.0. The summed E-state index contributed by atoms with van der Waals surface area (Å²) in [5, 5.41) is 0. The summed E-state index contributed by atoms with van der Waals surface area (Å²) in [6.45, 7) is 1.24. The molecule has 0 radical (unpaired) electrons. The maximum Gasteiger partial charge on any atom is 0.173 e. The molecule has 1 saturated heterocycles. The molecule has 0 bridgehead atoms. The molecular weight excluding hydrogens is 287 g/mol. The van der Waals surface area contributed by atoms with Crippen LogP contribution in [0.25, 0.3) is 0 Å². The SMILES string of the molecule is CN1CCCC1c1ccc[n+](C)c1.[I-]. The molecule has 2 heterocycles. The van der Waals surface area contributed by atoms with Crippen LogP contribution in [0.5, 0.6) is 0 Å². The van der Waals surface area contributed by atoms with Crippen molar-refractivity contribution >= 4 is 0 Å². The Balaban J connectivity index is 0.000000980. The lowest BCUT2D eigenvalue weighted by molar-refractivity contribution is -0.672. The lowest BCUT2D eigenvalue weighted by Crippen LogP contribution is -3.00. The third kappa shape index (κ3) is 2.45. The number of aromatic nitrogens is 1. The van der Waals surface area contributed by atoms with E-state index in [9.17, 15) is 0 Å². The highest BCUT2D eigenvalue weighted by Crippen LogP contribution is 2.28. The van der Waals surface area contributed by atoms with Gasteiger partial charge in [0.15, 0.2) is 12.4 Å². The van der Waals surface area contributed by atoms with Gasteiger partial charge in [-0.05, 0) is 32.5 Å². The summed E-state index contributed by atoms with van der Waals surface area (Å²) >= 11 is 0. The summed E-state index contributed by atoms with van der Waals surface area (Å²) in [6, 6.07) is 5.00. The lowest BCUT2D eigenvalue weighted by Gasteiger charge is -2.17. The van der Waals surface area contributed by atoms with Gasteiger partial charge < -0.3 is 24.0 Å². The molecule has 1 unspecified atom stereocenters. The molecular formula is C11H17IN2. The van der Waals surface area contributed by atoms with Gasteiger partial charge in [-0.1, -0.05) is 0 Å². The minimum Gasteiger partial charge on any atom is -1.00 e. The van der Waals surface area contributed by atoms with Crippen molar-refractivity contribution in [2.24, 2.45) is 7.05 Å². The van der Waals surface area contributed by atoms with Gasteiger partial charge in [-0.2, -0.15) is 0 Å². The molecule has 0 saturated carbocycles. The van der Waals surface area contributed by atoms with Crippen LogP contribution in [0.4, 0.5) is 0 Å². The number of pyridine rings is 1. The summed E-state index contributed by atoms with van der Waals surface area (Å²) in [7, 11) is 4.29. The molecule has 0 amide bonds. The average molecular weight is 304 g/mol. The standard InChI is InChI=1S/C11H17N2.HI/c1-12-7-3-5-10(9-12)11-6-4-8-13(11)2;/h3,5,7,9,11H,4,6,8H2,1-2H3;1H/q+1;/p-1. The highest BCUT2D eigenvalue weighted by molar-refractivity contribution is 5.12. The zero-order chi connectivity index (χ0) is 9.26. The van der Waals surface area contributed by atoms with Gasteiger partial charge in [0.05, 0.1) is 0 Å². The van der Waals surface area contributed by atoms with Crippen molar-refractivity contribution in [1.29, 1.82) is 0 Å². The molecule has 2 rings (SSSR count). The first-order valence-electron chi connectivity index (χ1n) is 4.93. The predicted molar refractivity (Wildman–Crippen MR) is 52.2 cm³/mol. The summed E-state index contributed by atoms with van der Waals surface area (Å²) in [6.07, 6.45) is 6.95. The summed E-state index contributed by atoms with van der Waals surface area (Å²) < 4.78 is 2.13. The number of halogens is 1. The number of aryl methyl sites for hydroxylation is 1. The van der Waals surface area contributed by atoms with Crippen molar-refractivity contribution in [2.75, 3.05) is 13.6 Å². The molecule has 1 aliphatic rings. The van der Waals surface area contributed by atoms with E-state index in [0.717, 1.165) is 0 Å². The summed E-state index contributed by atoms with van der Waals surface area (Å²) in [5.74, 6) is 0. The summed E-state index contributed by atoms with van der Waals surface area (Å²) in [5.41, 5.74) is 1.45. The molecule has 0 N–H and O–H groups in total. The minimum atomic E-state index is 0. The van der Waals surface area contributed by atoms with Gasteiger partial charge in [0, 0.05) is 17.7 Å². The Labute approximate surface area is 103 Å². The maximum absolute atomic E-state index is 2.44. The molecule has 0 spiro atoms. The Hall–Kier alpha value is -0.160. The van der Waals surface area contributed by atoms with E-state index in [4.69, 9.17) is 0 Å². The van der Waals surface area contributed by atoms with Crippen LogP contribution in [0.15, 0.2) is 24.5 Å². The van der Waals surface area contributed by atoms with E-state index in [1.807, 2.05) is 0 Å². The fourth-order valence-corrected chi connectivity index (χ4v) is 2.14. The zero-order valence-electron chi connectivity index (χ0n) is 8.78. The van der Waals surface area contributed by atoms with Gasteiger partial charge in [0.1, 0.15) is 7.05 Å². The smallest absolute Gasteiger partial charge is 0.173 e. The number of hydrogen-bond donors (Lipinski definition) is 0. The van der Waals surface area contributed by atoms with Crippen LogP contribution in [0.2, 0.25) is 0 Å². The third-order valence-electron chi connectivity index (χ3n) is 2.87. The largest absolute Gasteiger partial charge is 1.00 e. The van der Waals surface area contributed by atoms with E-state index in [-0.39, 0.29) is 24.0 Å². The second-order valence-electron chi connectivity index (χ2n) is 3.94. The number of nitrogens with zero attached hydrogens (tertiary/aromatic N) is 2. The third-order valence-corrected chi connectivity index (χ3v) is 2.87. The number of likely N-dealkylation sites (tertiary alicyclic amines) is 1. The zero-order valence-corrected chi connectivity index (χ0v) is 10.9. The second-order valence-corrected chi connectivity index (χ2v) is 3.94. The van der Waals surface area contributed by atoms with Crippen molar-refractivity contribution in [3.8, 4) is 0 Å². The highest BCUT2D eigenvalue weighted by Gasteiger charge is 2.23. The lowest BCUT2D eigenvalue weighted by atomic mass is 10.1. The Kier molecular flexibility index (Phi) is 4.31. The van der Waals surface area contributed by atoms with E-state index in [1.54, 1.807) is 0 Å². The molecule has 1 aromatic rings. The van der Waals surface area contributed by atoms with Crippen LogP contribution in [-0.4, -0.2) is 18.5 Å². The van der Waals surface area contributed by atoms with Crippen LogP contribution < -0.4 is 28.5 Å². The van der Waals surface area contributed by atoms with E-state index < -0.39 is 0 Å². The highest BCUT2D eigenvalue weighted by atomic mass is 127. The first kappa shape index (κ1) is 11.9. The molecule has 2 nitrogen and oxygen atoms in total. The maximum atomic E-state index is 2.44. The average Bonchev–Trinajstić information content (AvgIpc) is 2.51. The molecule has 1 fully saturated rings. The Bertz CT molecular complexity index is 301. The summed E-state index contributed by atoms with van der Waals surface area (Å²) in [4.78, 5) is 2.44. The van der Waals surface area contributed by atoms with E-state index >= 15 is 0 Å². The fraction of sp³-hybridized carbons (Fsp3) is 0.545. The number of rotatable bonds is 1. The van der Waals surface area contributed by atoms with Gasteiger partial charge in [-0.25, -0.2) is 4.57 Å². The van der Waals surface area contributed by atoms with Crippen molar-refractivity contribution < 1.29 is 28.5 Å². The van der Waals surface area contributed by atoms with E-state index in [1.165, 1.54) is 24.9 Å². The first-order valence-corrected chi connectivity index (χ1v) is 4.93. The minimum absolute atomic E-state index is 0. The second kappa shape index (κ2) is 5.07. The Morgan fingerprint density at radius 3 is 2.86 bits per heavy atom. The van der Waals surface area contributed by atoms with Crippen LogP contribution in [0.1, 0.15) is 24.4 Å². The van der Waals surface area contributed by atoms with Crippen LogP contribution in [-0.2, 0) is 7.05 Å². The van der Waals surface area contributed by atoms with E-state index in [2.05, 4.69) is 48.1 Å². The predicted octanol–water partition coefficient (Wildman–Crippen LogP) is -1.72. The molecule has 14 heavy (non-hydrogen) atoms.